The molecule has 0 heterocycles. The lowest BCUT2D eigenvalue weighted by Gasteiger charge is -1.89. The molecule has 70 valence electrons. The first-order valence-corrected chi connectivity index (χ1v) is 3.63. The third-order valence-electron chi connectivity index (χ3n) is 1.51. The van der Waals surface area contributed by atoms with Crippen molar-refractivity contribution >= 4 is 11.6 Å². The van der Waals surface area contributed by atoms with E-state index in [1.807, 2.05) is 0 Å². The van der Waals surface area contributed by atoms with Crippen LogP contribution in [0.3, 0.4) is 0 Å². The van der Waals surface area contributed by atoms with Crippen LogP contribution in [0.15, 0.2) is 30.3 Å². The summed E-state index contributed by atoms with van der Waals surface area (Å²) in [4.78, 5) is 22.8. The van der Waals surface area contributed by atoms with Crippen LogP contribution in [0.25, 0.3) is 5.53 Å². The second-order valence-electron chi connectivity index (χ2n) is 2.38. The molecule has 0 radical (unpaired) electrons. The average Bonchev–Trinajstić information content (AvgIpc) is 2.19. The minimum atomic E-state index is -1.09. The maximum Gasteiger partial charge on any atom is 0.652 e. The van der Waals surface area contributed by atoms with Crippen LogP contribution >= 0.6 is 0 Å². The summed E-state index contributed by atoms with van der Waals surface area (Å²) in [5, 5.41) is 10.2. The summed E-state index contributed by atoms with van der Waals surface area (Å²) in [5.41, 5.74) is 8.36. The van der Waals surface area contributed by atoms with Crippen LogP contribution in [0.1, 0.15) is 10.4 Å². The third kappa shape index (κ3) is 1.88. The van der Waals surface area contributed by atoms with Crippen molar-refractivity contribution in [2.75, 3.05) is 0 Å². The van der Waals surface area contributed by atoms with E-state index in [2.05, 4.69) is 4.79 Å². The normalized spacial score (nSPS) is 8.86. The molecular formula is C8H5N3O3. The molecule has 1 aromatic rings. The molecule has 0 aliphatic heterocycles. The Bertz CT molecular complexity index is 421. The minimum Gasteiger partial charge on any atom is -0.354 e. The van der Waals surface area contributed by atoms with Crippen molar-refractivity contribution < 1.29 is 14.5 Å². The van der Waals surface area contributed by atoms with Crippen LogP contribution in [0.4, 0.5) is 0 Å². The molecule has 0 aliphatic rings. The van der Waals surface area contributed by atoms with E-state index < -0.39 is 16.5 Å². The van der Waals surface area contributed by atoms with Gasteiger partial charge in [0.05, 0.1) is 0 Å². The van der Waals surface area contributed by atoms with E-state index in [9.17, 15) is 14.9 Å². The number of nitro groups is 1. The van der Waals surface area contributed by atoms with Gasteiger partial charge in [-0.25, -0.2) is 0 Å². The quantitative estimate of drug-likeness (QED) is 0.131. The number of hydrogen-bond acceptors (Lipinski definition) is 3. The Morgan fingerprint density at radius 2 is 1.93 bits per heavy atom. The number of carbonyl (C=O) groups excluding carboxylic acids is 1. The molecule has 0 aliphatic carbocycles. The minimum absolute atomic E-state index is 0.108. The largest absolute Gasteiger partial charge is 0.652 e. The summed E-state index contributed by atoms with van der Waals surface area (Å²) < 4.78 is 0. The highest BCUT2D eigenvalue weighted by atomic mass is 16.6. The maximum atomic E-state index is 11.3. The summed E-state index contributed by atoms with van der Waals surface area (Å²) in [6.45, 7) is 0. The third-order valence-corrected chi connectivity index (χ3v) is 1.51. The molecule has 1 rings (SSSR count). The fourth-order valence-electron chi connectivity index (χ4n) is 0.883. The Hall–Kier alpha value is -2.33. The SMILES string of the molecule is [N-]=[N+]=C(C(=O)c1ccccc1)[N+](=O)[O-]. The van der Waals surface area contributed by atoms with Crippen molar-refractivity contribution in [2.24, 2.45) is 0 Å². The lowest BCUT2D eigenvalue weighted by atomic mass is 10.1. The zero-order valence-electron chi connectivity index (χ0n) is 6.95. The maximum absolute atomic E-state index is 11.3. The van der Waals surface area contributed by atoms with Gasteiger partial charge in [-0.2, -0.15) is 0 Å². The summed E-state index contributed by atoms with van der Waals surface area (Å²) in [6, 6.07) is 7.58. The second-order valence-corrected chi connectivity index (χ2v) is 2.38. The number of benzene rings is 1. The van der Waals surface area contributed by atoms with Gasteiger partial charge in [0.25, 0.3) is 0 Å². The van der Waals surface area contributed by atoms with Gasteiger partial charge in [-0.3, -0.25) is 14.9 Å². The number of Topliss-reactive ketones (excluding diaryl/α,β-unsaturated/α-hetero) is 1. The summed E-state index contributed by atoms with van der Waals surface area (Å²) in [7, 11) is 0. The molecule has 0 bridgehead atoms. The monoisotopic (exact) mass is 191 g/mol. The number of carbonyl (C=O) groups is 1. The van der Waals surface area contributed by atoms with Crippen LogP contribution in [0.2, 0.25) is 0 Å². The van der Waals surface area contributed by atoms with Gasteiger partial charge in [-0.15, -0.1) is 0 Å². The van der Waals surface area contributed by atoms with Crippen molar-refractivity contribution in [3.63, 3.8) is 0 Å². The lowest BCUT2D eigenvalue weighted by molar-refractivity contribution is -0.379. The molecule has 0 N–H and O–H groups in total. The molecule has 0 spiro atoms. The first kappa shape index (κ1) is 9.76. The fraction of sp³-hybridized carbons (Fsp3) is 0. The van der Waals surface area contributed by atoms with Gasteiger partial charge in [0.15, 0.2) is 0 Å². The molecule has 6 nitrogen and oxygen atoms in total. The van der Waals surface area contributed by atoms with Crippen molar-refractivity contribution in [2.45, 2.75) is 0 Å². The zero-order valence-corrected chi connectivity index (χ0v) is 6.95. The summed E-state index contributed by atoms with van der Waals surface area (Å²) >= 11 is 0. The topological polar surface area (TPSA) is 96.6 Å². The Kier molecular flexibility index (Phi) is 2.83. The van der Waals surface area contributed by atoms with E-state index in [1.165, 1.54) is 12.1 Å². The Labute approximate surface area is 78.6 Å². The predicted octanol–water partition coefficient (Wildman–Crippen LogP) is 0.774. The lowest BCUT2D eigenvalue weighted by Crippen LogP contribution is -2.24. The van der Waals surface area contributed by atoms with Gasteiger partial charge in [0.1, 0.15) is 4.92 Å². The molecule has 0 amide bonds. The van der Waals surface area contributed by atoms with Gasteiger partial charge >= 0.3 is 11.6 Å². The number of nitrogens with zero attached hydrogens (tertiary/aromatic N) is 3. The zero-order chi connectivity index (χ0) is 10.6. The first-order chi connectivity index (χ1) is 6.66. The van der Waals surface area contributed by atoms with E-state index in [0.29, 0.717) is 0 Å². The molecule has 0 fully saturated rings. The summed E-state index contributed by atoms with van der Waals surface area (Å²) in [5.74, 6) is -2.01. The number of hydrogen-bond donors (Lipinski definition) is 0. The molecule has 0 saturated carbocycles. The predicted molar refractivity (Wildman–Crippen MR) is 46.4 cm³/mol. The molecule has 6 heteroatoms. The molecule has 0 saturated heterocycles. The average molecular weight is 191 g/mol. The Morgan fingerprint density at radius 3 is 2.36 bits per heavy atom. The van der Waals surface area contributed by atoms with E-state index in [-0.39, 0.29) is 5.56 Å². The van der Waals surface area contributed by atoms with Crippen LogP contribution in [0.5, 0.6) is 0 Å². The molecule has 0 aromatic heterocycles. The first-order valence-electron chi connectivity index (χ1n) is 3.63. The Balaban J connectivity index is 3.09. The van der Waals surface area contributed by atoms with Crippen molar-refractivity contribution in [3.05, 3.63) is 51.5 Å². The number of rotatable bonds is 2. The van der Waals surface area contributed by atoms with Crippen molar-refractivity contribution in [1.82, 2.24) is 0 Å². The number of ketones is 1. The number of amidine groups is 1. The van der Waals surface area contributed by atoms with Gasteiger partial charge < -0.3 is 5.53 Å². The van der Waals surface area contributed by atoms with Crippen LogP contribution in [-0.4, -0.2) is 21.3 Å². The van der Waals surface area contributed by atoms with Gasteiger partial charge in [-0.05, 0) is 0 Å². The highest BCUT2D eigenvalue weighted by Crippen LogP contribution is 2.00. The van der Waals surface area contributed by atoms with Gasteiger partial charge in [-0.1, -0.05) is 35.1 Å². The highest BCUT2D eigenvalue weighted by molar-refractivity contribution is 6.39. The molecular weight excluding hydrogens is 186 g/mol. The van der Waals surface area contributed by atoms with Crippen LogP contribution < -0.4 is 0 Å². The highest BCUT2D eigenvalue weighted by Gasteiger charge is 2.34. The van der Waals surface area contributed by atoms with E-state index in [1.54, 1.807) is 18.2 Å². The van der Waals surface area contributed by atoms with Crippen molar-refractivity contribution in [1.29, 1.82) is 0 Å². The Morgan fingerprint density at radius 1 is 1.36 bits per heavy atom. The van der Waals surface area contributed by atoms with Gasteiger partial charge in [0, 0.05) is 5.56 Å². The van der Waals surface area contributed by atoms with E-state index in [0.717, 1.165) is 0 Å². The van der Waals surface area contributed by atoms with Crippen molar-refractivity contribution in [3.8, 4) is 0 Å². The van der Waals surface area contributed by atoms with Gasteiger partial charge in [0.2, 0.25) is 0 Å². The smallest absolute Gasteiger partial charge is 0.354 e. The standard InChI is InChI=1S/C8H5N3O3/c9-10-8(11(13)14)7(12)6-4-2-1-3-5-6/h1-5H. The van der Waals surface area contributed by atoms with Crippen LogP contribution in [0, 0.1) is 10.1 Å². The second kappa shape index (κ2) is 4.06. The fourth-order valence-corrected chi connectivity index (χ4v) is 0.883. The molecule has 0 unspecified atom stereocenters. The molecule has 14 heavy (non-hydrogen) atoms. The molecule has 0 atom stereocenters. The van der Waals surface area contributed by atoms with E-state index in [4.69, 9.17) is 5.53 Å². The molecule has 1 aromatic carbocycles. The van der Waals surface area contributed by atoms with E-state index >= 15 is 0 Å². The summed E-state index contributed by atoms with van der Waals surface area (Å²) in [6.07, 6.45) is 0. The van der Waals surface area contributed by atoms with Crippen LogP contribution in [-0.2, 0) is 0 Å².